The zero-order chi connectivity index (χ0) is 21.2. The minimum Gasteiger partial charge on any atom is -0.373 e. The van der Waals surface area contributed by atoms with E-state index in [9.17, 15) is 9.59 Å². The Hall–Kier alpha value is -2.45. The van der Waals surface area contributed by atoms with Crippen molar-refractivity contribution in [2.45, 2.75) is 57.9 Å². The van der Waals surface area contributed by atoms with Gasteiger partial charge in [-0.1, -0.05) is 18.2 Å². The lowest BCUT2D eigenvalue weighted by molar-refractivity contribution is -0.119. The fourth-order valence-corrected chi connectivity index (χ4v) is 3.87. The van der Waals surface area contributed by atoms with Crippen LogP contribution in [0, 0.1) is 0 Å². The van der Waals surface area contributed by atoms with Crippen LogP contribution < -0.4 is 16.1 Å². The highest BCUT2D eigenvalue weighted by Gasteiger charge is 2.37. The fourth-order valence-electron chi connectivity index (χ4n) is 3.87. The molecule has 2 amide bonds. The van der Waals surface area contributed by atoms with E-state index in [-0.39, 0.29) is 30.1 Å². The molecule has 3 atom stereocenters. The summed E-state index contributed by atoms with van der Waals surface area (Å²) in [5.41, 5.74) is 6.37. The van der Waals surface area contributed by atoms with Gasteiger partial charge in [0.25, 0.3) is 5.91 Å². The quantitative estimate of drug-likeness (QED) is 0.744. The van der Waals surface area contributed by atoms with E-state index in [0.29, 0.717) is 12.3 Å². The number of carbonyl (C=O) groups is 2. The van der Waals surface area contributed by atoms with Crippen molar-refractivity contribution in [3.63, 3.8) is 0 Å². The van der Waals surface area contributed by atoms with E-state index >= 15 is 0 Å². The maximum atomic E-state index is 12.8. The summed E-state index contributed by atoms with van der Waals surface area (Å²) in [4.78, 5) is 27.0. The first kappa shape index (κ1) is 21.3. The summed E-state index contributed by atoms with van der Waals surface area (Å²) in [5, 5.41) is 8.93. The molecule has 3 N–H and O–H groups in total. The van der Waals surface area contributed by atoms with Crippen molar-refractivity contribution >= 4 is 23.2 Å². The maximum Gasteiger partial charge on any atom is 0.267 e. The average Bonchev–Trinajstić information content (AvgIpc) is 3.12. The first-order valence-electron chi connectivity index (χ1n) is 10.1. The van der Waals surface area contributed by atoms with E-state index in [1.54, 1.807) is 0 Å². The number of primary amides is 1. The van der Waals surface area contributed by atoms with E-state index in [1.165, 1.54) is 5.01 Å². The number of hydrogen-bond donors (Lipinski definition) is 2. The summed E-state index contributed by atoms with van der Waals surface area (Å²) < 4.78 is 5.81. The Morgan fingerprint density at radius 3 is 2.41 bits per heavy atom. The summed E-state index contributed by atoms with van der Waals surface area (Å²) in [5.74, 6) is -0.769. The van der Waals surface area contributed by atoms with Crippen LogP contribution in [-0.4, -0.2) is 65.8 Å². The molecule has 0 aromatic heterocycles. The number of ether oxygens (including phenoxy) is 1. The fraction of sp³-hybridized carbons (Fsp3) is 0.571. The van der Waals surface area contributed by atoms with Gasteiger partial charge >= 0.3 is 0 Å². The Bertz CT molecular complexity index is 770. The van der Waals surface area contributed by atoms with Gasteiger partial charge < -0.3 is 15.8 Å². The molecule has 29 heavy (non-hydrogen) atoms. The molecular formula is C21H31N5O3. The lowest BCUT2D eigenvalue weighted by Crippen LogP contribution is -2.59. The third-order valence-corrected chi connectivity index (χ3v) is 5.48. The third kappa shape index (κ3) is 4.94. The zero-order valence-corrected chi connectivity index (χ0v) is 17.6. The number of nitrogens with one attached hydrogen (secondary N) is 1. The van der Waals surface area contributed by atoms with Gasteiger partial charge in [-0.25, -0.2) is 0 Å². The molecule has 0 aliphatic carbocycles. The molecule has 1 fully saturated rings. The number of rotatable bonds is 6. The van der Waals surface area contributed by atoms with Crippen molar-refractivity contribution in [2.75, 3.05) is 24.6 Å². The van der Waals surface area contributed by atoms with Crippen molar-refractivity contribution in [3.8, 4) is 0 Å². The third-order valence-electron chi connectivity index (χ3n) is 5.48. The smallest absolute Gasteiger partial charge is 0.267 e. The van der Waals surface area contributed by atoms with Gasteiger partial charge in [-0.05, 0) is 39.8 Å². The van der Waals surface area contributed by atoms with Crippen LogP contribution in [0.2, 0.25) is 0 Å². The predicted molar refractivity (Wildman–Crippen MR) is 113 cm³/mol. The molecule has 1 aromatic rings. The molecule has 2 heterocycles. The number of carbonyl (C=O) groups excluding carboxylic acids is 2. The number of nitrogens with two attached hydrogens (primary N) is 1. The molecule has 8 nitrogen and oxygen atoms in total. The van der Waals surface area contributed by atoms with Crippen LogP contribution in [0.1, 0.15) is 34.1 Å². The molecule has 0 bridgehead atoms. The molecule has 0 spiro atoms. The molecule has 8 heteroatoms. The van der Waals surface area contributed by atoms with Crippen LogP contribution in [0.4, 0.5) is 5.69 Å². The highest BCUT2D eigenvalue weighted by molar-refractivity contribution is 6.40. The van der Waals surface area contributed by atoms with Gasteiger partial charge in [0.2, 0.25) is 5.91 Å². The summed E-state index contributed by atoms with van der Waals surface area (Å²) in [6.07, 6.45) is 0.509. The van der Waals surface area contributed by atoms with Gasteiger partial charge in [-0.3, -0.25) is 19.5 Å². The van der Waals surface area contributed by atoms with Gasteiger partial charge in [0.15, 0.2) is 0 Å². The minimum absolute atomic E-state index is 0.156. The van der Waals surface area contributed by atoms with Crippen molar-refractivity contribution < 1.29 is 14.3 Å². The molecule has 1 saturated heterocycles. The number of anilines is 1. The Morgan fingerprint density at radius 2 is 1.83 bits per heavy atom. The summed E-state index contributed by atoms with van der Waals surface area (Å²) >= 11 is 0. The van der Waals surface area contributed by atoms with Crippen molar-refractivity contribution in [1.82, 2.24) is 10.2 Å². The molecule has 0 radical (unpaired) electrons. The lowest BCUT2D eigenvalue weighted by atomic mass is 9.99. The minimum atomic E-state index is -0.660. The van der Waals surface area contributed by atoms with Crippen LogP contribution in [0.3, 0.4) is 0 Å². The van der Waals surface area contributed by atoms with Crippen molar-refractivity contribution in [2.24, 2.45) is 10.8 Å². The summed E-state index contributed by atoms with van der Waals surface area (Å²) in [6.45, 7) is 10.4. The van der Waals surface area contributed by atoms with Crippen molar-refractivity contribution in [3.05, 3.63) is 30.3 Å². The van der Waals surface area contributed by atoms with E-state index in [2.05, 4.69) is 43.0 Å². The molecule has 3 rings (SSSR count). The standard InChI is InChI=1S/C21H31N5O3/c1-14-11-25(12-15(2)29-14)21(3,4)13-23-20(28)17-10-18(19(22)27)26(24-17)16-8-6-5-7-9-16/h5-9,14-15,18H,10-13H2,1-4H3,(H2,22,27)(H,23,28)/t14-,15+,18-/m1/s1. The average molecular weight is 402 g/mol. The Morgan fingerprint density at radius 1 is 1.21 bits per heavy atom. The molecule has 2 aliphatic rings. The van der Waals surface area contributed by atoms with Gasteiger partial charge in [0.05, 0.1) is 17.9 Å². The molecule has 1 aromatic carbocycles. The van der Waals surface area contributed by atoms with Gasteiger partial charge in [-0.2, -0.15) is 5.10 Å². The van der Waals surface area contributed by atoms with Crippen LogP contribution in [0.5, 0.6) is 0 Å². The van der Waals surface area contributed by atoms with Crippen LogP contribution in [0.15, 0.2) is 35.4 Å². The van der Waals surface area contributed by atoms with Crippen LogP contribution >= 0.6 is 0 Å². The number of morpholine rings is 1. The number of hydrazone groups is 1. The van der Waals surface area contributed by atoms with Crippen LogP contribution in [0.25, 0.3) is 0 Å². The monoisotopic (exact) mass is 401 g/mol. The molecule has 0 unspecified atom stereocenters. The molecule has 158 valence electrons. The first-order chi connectivity index (χ1) is 13.7. The Labute approximate surface area is 172 Å². The van der Waals surface area contributed by atoms with E-state index in [4.69, 9.17) is 10.5 Å². The predicted octanol–water partition coefficient (Wildman–Crippen LogP) is 1.11. The van der Waals surface area contributed by atoms with Crippen molar-refractivity contribution in [1.29, 1.82) is 0 Å². The topological polar surface area (TPSA) is 100 Å². The molecule has 0 saturated carbocycles. The first-order valence-corrected chi connectivity index (χ1v) is 10.1. The molecular weight excluding hydrogens is 370 g/mol. The summed E-state index contributed by atoms with van der Waals surface area (Å²) in [6, 6.07) is 8.61. The normalized spacial score (nSPS) is 25.6. The second kappa shape index (κ2) is 8.51. The summed E-state index contributed by atoms with van der Waals surface area (Å²) in [7, 11) is 0. The number of hydrogen-bond acceptors (Lipinski definition) is 6. The zero-order valence-electron chi connectivity index (χ0n) is 17.6. The van der Waals surface area contributed by atoms with Crippen LogP contribution in [-0.2, 0) is 14.3 Å². The van der Waals surface area contributed by atoms with Gasteiger partial charge in [-0.15, -0.1) is 0 Å². The second-order valence-corrected chi connectivity index (χ2v) is 8.51. The Balaban J connectivity index is 1.66. The van der Waals surface area contributed by atoms with E-state index in [0.717, 1.165) is 18.8 Å². The number of amides is 2. The highest BCUT2D eigenvalue weighted by Crippen LogP contribution is 2.25. The number of benzene rings is 1. The SMILES string of the molecule is C[C@@H]1CN(C(C)(C)CNC(=O)C2=NN(c3ccccc3)[C@@H](C(N)=O)C2)C[C@H](C)O1. The highest BCUT2D eigenvalue weighted by atomic mass is 16.5. The maximum absolute atomic E-state index is 12.8. The van der Waals surface area contributed by atoms with E-state index in [1.807, 2.05) is 30.3 Å². The Kier molecular flexibility index (Phi) is 6.24. The number of nitrogens with zero attached hydrogens (tertiary/aromatic N) is 3. The molecule has 2 aliphatic heterocycles. The van der Waals surface area contributed by atoms with E-state index < -0.39 is 11.9 Å². The number of para-hydroxylation sites is 1. The second-order valence-electron chi connectivity index (χ2n) is 8.51. The van der Waals surface area contributed by atoms with Gasteiger partial charge in [0.1, 0.15) is 11.8 Å². The lowest BCUT2D eigenvalue weighted by Gasteiger charge is -2.45. The van der Waals surface area contributed by atoms with Gasteiger partial charge in [0, 0.05) is 31.6 Å². The largest absolute Gasteiger partial charge is 0.373 e.